The molecular weight excluding hydrogens is 408 g/mol. The molecule has 1 aliphatic rings. The van der Waals surface area contributed by atoms with Crippen LogP contribution in [0.25, 0.3) is 6.08 Å². The van der Waals surface area contributed by atoms with Gasteiger partial charge in [-0.3, -0.25) is 4.79 Å². The lowest BCUT2D eigenvalue weighted by Gasteiger charge is -2.12. The number of ketones is 1. The Kier molecular flexibility index (Phi) is 5.69. The minimum Gasteiger partial charge on any atom is -0.493 e. The second-order valence-corrected chi connectivity index (χ2v) is 7.38. The molecule has 4 rings (SSSR count). The van der Waals surface area contributed by atoms with Crippen molar-refractivity contribution < 1.29 is 28.5 Å². The summed E-state index contributed by atoms with van der Waals surface area (Å²) in [5, 5.41) is 0. The molecule has 0 spiro atoms. The summed E-state index contributed by atoms with van der Waals surface area (Å²) in [6, 6.07) is 15.8. The predicted molar refractivity (Wildman–Crippen MR) is 120 cm³/mol. The van der Waals surface area contributed by atoms with Gasteiger partial charge in [0.2, 0.25) is 5.78 Å². The van der Waals surface area contributed by atoms with Crippen LogP contribution in [-0.2, 0) is 0 Å². The molecule has 1 heterocycles. The lowest BCUT2D eigenvalue weighted by Crippen LogP contribution is -2.10. The third-order valence-corrected chi connectivity index (χ3v) is 5.20. The number of hydrogen-bond acceptors (Lipinski definition) is 6. The van der Waals surface area contributed by atoms with Crippen LogP contribution in [0.2, 0.25) is 0 Å². The number of Topliss-reactive ketones (excluding diaryl/α,β-unsaturated/α-hetero) is 1. The van der Waals surface area contributed by atoms with Crippen LogP contribution in [0.5, 0.6) is 23.0 Å². The number of allylic oxidation sites excluding steroid dienone is 1. The SMILES string of the molecule is COc1ccc(C(=O)Oc2ccc3c(c2C)O/C(=C\c2cccc(C)c2)C3=O)cc1OC. The van der Waals surface area contributed by atoms with E-state index in [1.165, 1.54) is 14.2 Å². The number of benzene rings is 3. The fourth-order valence-corrected chi connectivity index (χ4v) is 3.51. The van der Waals surface area contributed by atoms with E-state index < -0.39 is 5.97 Å². The summed E-state index contributed by atoms with van der Waals surface area (Å²) in [6.45, 7) is 3.73. The van der Waals surface area contributed by atoms with Gasteiger partial charge in [-0.05, 0) is 55.8 Å². The van der Waals surface area contributed by atoms with Crippen LogP contribution in [0, 0.1) is 13.8 Å². The number of carbonyl (C=O) groups excluding carboxylic acids is 2. The summed E-state index contributed by atoms with van der Waals surface area (Å²) in [4.78, 5) is 25.5. The molecule has 6 heteroatoms. The highest BCUT2D eigenvalue weighted by Gasteiger charge is 2.30. The Morgan fingerprint density at radius 3 is 2.38 bits per heavy atom. The van der Waals surface area contributed by atoms with Crippen molar-refractivity contribution in [2.24, 2.45) is 0 Å². The summed E-state index contributed by atoms with van der Waals surface area (Å²) in [6.07, 6.45) is 1.71. The van der Waals surface area contributed by atoms with Gasteiger partial charge in [0.15, 0.2) is 17.3 Å². The van der Waals surface area contributed by atoms with E-state index in [1.54, 1.807) is 43.3 Å². The summed E-state index contributed by atoms with van der Waals surface area (Å²) in [5.74, 6) is 1.11. The van der Waals surface area contributed by atoms with E-state index in [4.69, 9.17) is 18.9 Å². The standard InChI is InChI=1S/C26H22O6/c1-15-6-5-7-17(12-15)13-23-24(27)19-9-11-20(16(2)25(19)31-23)32-26(28)18-8-10-21(29-3)22(14-18)30-4/h5-14H,1-4H3/b23-13-. The molecule has 162 valence electrons. The Labute approximate surface area is 186 Å². The van der Waals surface area contributed by atoms with Crippen molar-refractivity contribution in [2.75, 3.05) is 14.2 Å². The van der Waals surface area contributed by atoms with Gasteiger partial charge in [-0.2, -0.15) is 0 Å². The average Bonchev–Trinajstić information content (AvgIpc) is 3.11. The van der Waals surface area contributed by atoms with E-state index in [0.717, 1.165) is 11.1 Å². The molecule has 3 aromatic carbocycles. The van der Waals surface area contributed by atoms with Gasteiger partial charge in [0.25, 0.3) is 0 Å². The first kappa shape index (κ1) is 21.2. The molecule has 6 nitrogen and oxygen atoms in total. The molecule has 0 aliphatic carbocycles. The van der Waals surface area contributed by atoms with E-state index in [9.17, 15) is 9.59 Å². The summed E-state index contributed by atoms with van der Waals surface area (Å²) >= 11 is 0. The summed E-state index contributed by atoms with van der Waals surface area (Å²) in [7, 11) is 3.01. The third kappa shape index (κ3) is 3.95. The zero-order valence-electron chi connectivity index (χ0n) is 18.2. The van der Waals surface area contributed by atoms with Crippen LogP contribution in [-0.4, -0.2) is 26.0 Å². The first-order chi connectivity index (χ1) is 15.4. The average molecular weight is 430 g/mol. The third-order valence-electron chi connectivity index (χ3n) is 5.20. The molecule has 0 saturated carbocycles. The fraction of sp³-hybridized carbons (Fsp3) is 0.154. The highest BCUT2D eigenvalue weighted by molar-refractivity contribution is 6.15. The van der Waals surface area contributed by atoms with Crippen LogP contribution in [0.15, 0.2) is 60.4 Å². The maximum Gasteiger partial charge on any atom is 0.343 e. The maximum absolute atomic E-state index is 12.8. The highest BCUT2D eigenvalue weighted by Crippen LogP contribution is 2.39. The number of methoxy groups -OCH3 is 2. The van der Waals surface area contributed by atoms with Crippen LogP contribution >= 0.6 is 0 Å². The van der Waals surface area contributed by atoms with Crippen molar-refractivity contribution in [1.29, 1.82) is 0 Å². The largest absolute Gasteiger partial charge is 0.493 e. The Balaban J connectivity index is 1.60. The molecule has 3 aromatic rings. The van der Waals surface area contributed by atoms with Crippen molar-refractivity contribution in [1.82, 2.24) is 0 Å². The first-order valence-corrected chi connectivity index (χ1v) is 10.00. The van der Waals surface area contributed by atoms with Gasteiger partial charge in [0.05, 0.1) is 25.3 Å². The molecule has 0 aromatic heterocycles. The minimum absolute atomic E-state index is 0.206. The molecular formula is C26H22O6. The molecule has 0 bridgehead atoms. The summed E-state index contributed by atoms with van der Waals surface area (Å²) in [5.41, 5.74) is 3.27. The van der Waals surface area contributed by atoms with E-state index in [1.807, 2.05) is 31.2 Å². The lowest BCUT2D eigenvalue weighted by atomic mass is 10.1. The monoisotopic (exact) mass is 430 g/mol. The van der Waals surface area contributed by atoms with Crippen molar-refractivity contribution in [3.05, 3.63) is 88.2 Å². The summed E-state index contributed by atoms with van der Waals surface area (Å²) < 4.78 is 21.9. The van der Waals surface area contributed by atoms with Gasteiger partial charge in [-0.1, -0.05) is 29.8 Å². The molecule has 0 amide bonds. The van der Waals surface area contributed by atoms with Crippen molar-refractivity contribution in [3.8, 4) is 23.0 Å². The number of ether oxygens (including phenoxy) is 4. The van der Waals surface area contributed by atoms with Gasteiger partial charge < -0.3 is 18.9 Å². The highest BCUT2D eigenvalue weighted by atomic mass is 16.5. The molecule has 1 aliphatic heterocycles. The van der Waals surface area contributed by atoms with Gasteiger partial charge >= 0.3 is 5.97 Å². The molecule has 0 fully saturated rings. The predicted octanol–water partition coefficient (Wildman–Crippen LogP) is 5.16. The van der Waals surface area contributed by atoms with Crippen LogP contribution in [0.4, 0.5) is 0 Å². The van der Waals surface area contributed by atoms with Gasteiger partial charge in [0.1, 0.15) is 11.5 Å². The zero-order valence-corrected chi connectivity index (χ0v) is 18.2. The van der Waals surface area contributed by atoms with Gasteiger partial charge in [-0.15, -0.1) is 0 Å². The quantitative estimate of drug-likeness (QED) is 0.316. The smallest absolute Gasteiger partial charge is 0.343 e. The molecule has 0 unspecified atom stereocenters. The Bertz CT molecular complexity index is 1260. The van der Waals surface area contributed by atoms with Crippen molar-refractivity contribution in [3.63, 3.8) is 0 Å². The van der Waals surface area contributed by atoms with E-state index in [-0.39, 0.29) is 11.5 Å². The number of rotatable bonds is 5. The van der Waals surface area contributed by atoms with Crippen LogP contribution in [0.3, 0.4) is 0 Å². The Morgan fingerprint density at radius 2 is 1.66 bits per heavy atom. The van der Waals surface area contributed by atoms with E-state index in [2.05, 4.69) is 0 Å². The number of esters is 1. The second-order valence-electron chi connectivity index (χ2n) is 7.38. The van der Waals surface area contributed by atoms with Gasteiger partial charge in [-0.25, -0.2) is 4.79 Å². The fourth-order valence-electron chi connectivity index (χ4n) is 3.51. The maximum atomic E-state index is 12.8. The zero-order chi connectivity index (χ0) is 22.8. The number of hydrogen-bond donors (Lipinski definition) is 0. The number of carbonyl (C=O) groups is 2. The Morgan fingerprint density at radius 1 is 0.906 bits per heavy atom. The van der Waals surface area contributed by atoms with Gasteiger partial charge in [0, 0.05) is 5.56 Å². The molecule has 0 saturated heterocycles. The Hall–Kier alpha value is -4.06. The van der Waals surface area contributed by atoms with E-state index >= 15 is 0 Å². The van der Waals surface area contributed by atoms with Crippen LogP contribution in [0.1, 0.15) is 37.4 Å². The van der Waals surface area contributed by atoms with Crippen molar-refractivity contribution >= 4 is 17.8 Å². The number of fused-ring (bicyclic) bond motifs is 1. The molecule has 32 heavy (non-hydrogen) atoms. The second kappa shape index (κ2) is 8.59. The molecule has 0 radical (unpaired) electrons. The minimum atomic E-state index is -0.561. The normalized spacial score (nSPS) is 13.5. The number of aryl methyl sites for hydroxylation is 1. The molecule has 0 atom stereocenters. The topological polar surface area (TPSA) is 71.1 Å². The van der Waals surface area contributed by atoms with E-state index in [0.29, 0.717) is 39.7 Å². The molecule has 0 N–H and O–H groups in total. The van der Waals surface area contributed by atoms with Crippen LogP contribution < -0.4 is 18.9 Å². The lowest BCUT2D eigenvalue weighted by molar-refractivity contribution is 0.0732. The van der Waals surface area contributed by atoms with Crippen molar-refractivity contribution in [2.45, 2.75) is 13.8 Å². The first-order valence-electron chi connectivity index (χ1n) is 10.00.